The first-order valence-electron chi connectivity index (χ1n) is 3.97. The molecule has 0 aliphatic carbocycles. The Hall–Kier alpha value is -1.20. The number of hydrogen-bond acceptors (Lipinski definition) is 3. The van der Waals surface area contributed by atoms with Crippen LogP contribution in [0, 0.1) is 10.1 Å². The van der Waals surface area contributed by atoms with Gasteiger partial charge in [0.25, 0.3) is 5.69 Å². The van der Waals surface area contributed by atoms with E-state index in [0.29, 0.717) is 14.9 Å². The van der Waals surface area contributed by atoms with E-state index in [1.54, 1.807) is 12.3 Å². The van der Waals surface area contributed by atoms with Crippen LogP contribution < -0.4 is 0 Å². The molecule has 0 bridgehead atoms. The van der Waals surface area contributed by atoms with Crippen molar-refractivity contribution in [3.05, 3.63) is 44.1 Å². The maximum Gasteiger partial charge on any atom is 0.285 e. The number of nitrogens with zero attached hydrogens (tertiary/aromatic N) is 2. The molecule has 0 radical (unpaired) electrons. The number of nitro benzene ring substituents is 1. The lowest BCUT2D eigenvalue weighted by molar-refractivity contribution is -0.385. The summed E-state index contributed by atoms with van der Waals surface area (Å²) in [7, 11) is 0. The molecule has 4 nitrogen and oxygen atoms in total. The van der Waals surface area contributed by atoms with Gasteiger partial charge in [-0.25, -0.2) is 0 Å². The molecule has 2 rings (SSSR count). The molecule has 0 saturated heterocycles. The summed E-state index contributed by atoms with van der Waals surface area (Å²) in [6.45, 7) is 0. The van der Waals surface area contributed by atoms with Crippen LogP contribution in [0.5, 0.6) is 0 Å². The largest absolute Gasteiger partial charge is 0.285 e. The monoisotopic (exact) mass is 286 g/mol. The van der Waals surface area contributed by atoms with E-state index in [1.807, 2.05) is 0 Å². The smallest absolute Gasteiger partial charge is 0.264 e. The van der Waals surface area contributed by atoms with E-state index in [2.05, 4.69) is 20.9 Å². The number of halogens is 2. The van der Waals surface area contributed by atoms with Crippen molar-refractivity contribution in [2.75, 3.05) is 0 Å². The minimum absolute atomic E-state index is 0.0551. The van der Waals surface area contributed by atoms with Crippen LogP contribution in [0.1, 0.15) is 0 Å². The second-order valence-corrected chi connectivity index (χ2v) is 4.07. The Morgan fingerprint density at radius 1 is 1.47 bits per heavy atom. The maximum absolute atomic E-state index is 10.7. The van der Waals surface area contributed by atoms with Gasteiger partial charge in [-0.05, 0) is 22.0 Å². The molecule has 0 aliphatic rings. The van der Waals surface area contributed by atoms with Gasteiger partial charge in [0.15, 0.2) is 0 Å². The lowest BCUT2D eigenvalue weighted by atomic mass is 10.1. The highest BCUT2D eigenvalue weighted by Gasteiger charge is 2.17. The van der Waals surface area contributed by atoms with E-state index in [-0.39, 0.29) is 5.69 Å². The van der Waals surface area contributed by atoms with Crippen LogP contribution in [0.4, 0.5) is 5.69 Å². The zero-order chi connectivity index (χ0) is 11.0. The van der Waals surface area contributed by atoms with Crippen molar-refractivity contribution in [1.82, 2.24) is 4.98 Å². The molecular formula is C9H4BrClN2O2. The lowest BCUT2D eigenvalue weighted by Gasteiger charge is -2.03. The third kappa shape index (κ3) is 1.68. The van der Waals surface area contributed by atoms with Crippen LogP contribution in [-0.4, -0.2) is 9.91 Å². The van der Waals surface area contributed by atoms with E-state index in [4.69, 9.17) is 11.6 Å². The Balaban J connectivity index is 2.90. The zero-order valence-electron chi connectivity index (χ0n) is 7.28. The van der Waals surface area contributed by atoms with Gasteiger partial charge in [0, 0.05) is 29.2 Å². The molecule has 0 spiro atoms. The van der Waals surface area contributed by atoms with E-state index in [1.165, 1.54) is 12.3 Å². The van der Waals surface area contributed by atoms with E-state index < -0.39 is 4.92 Å². The van der Waals surface area contributed by atoms with Crippen LogP contribution in [0.15, 0.2) is 29.0 Å². The van der Waals surface area contributed by atoms with Crippen molar-refractivity contribution >= 4 is 44.0 Å². The molecule has 6 heteroatoms. The molecule has 0 saturated carbocycles. The first-order valence-corrected chi connectivity index (χ1v) is 5.14. The normalized spacial score (nSPS) is 10.5. The predicted octanol–water partition coefficient (Wildman–Crippen LogP) is 3.56. The average molecular weight is 288 g/mol. The van der Waals surface area contributed by atoms with Gasteiger partial charge < -0.3 is 0 Å². The first kappa shape index (κ1) is 10.3. The van der Waals surface area contributed by atoms with Gasteiger partial charge in [-0.1, -0.05) is 11.6 Å². The van der Waals surface area contributed by atoms with Gasteiger partial charge in [0.05, 0.1) is 9.95 Å². The summed E-state index contributed by atoms with van der Waals surface area (Å²) in [6, 6.07) is 3.04. The lowest BCUT2D eigenvalue weighted by Crippen LogP contribution is -1.91. The third-order valence-corrected chi connectivity index (χ3v) is 3.15. The van der Waals surface area contributed by atoms with Gasteiger partial charge in [-0.3, -0.25) is 15.1 Å². The van der Waals surface area contributed by atoms with Crippen LogP contribution in [0.2, 0.25) is 5.02 Å². The third-order valence-electron chi connectivity index (χ3n) is 2.00. The van der Waals surface area contributed by atoms with Crippen molar-refractivity contribution in [1.29, 1.82) is 0 Å². The van der Waals surface area contributed by atoms with E-state index >= 15 is 0 Å². The zero-order valence-corrected chi connectivity index (χ0v) is 9.62. The molecule has 15 heavy (non-hydrogen) atoms. The Morgan fingerprint density at radius 2 is 2.20 bits per heavy atom. The molecule has 0 amide bonds. The van der Waals surface area contributed by atoms with Crippen molar-refractivity contribution in [3.8, 4) is 0 Å². The minimum Gasteiger partial charge on any atom is -0.264 e. The van der Waals surface area contributed by atoms with Gasteiger partial charge in [0.2, 0.25) is 0 Å². The summed E-state index contributed by atoms with van der Waals surface area (Å²) in [5.74, 6) is 0. The molecule has 0 unspecified atom stereocenters. The molecule has 1 aromatic carbocycles. The Kier molecular flexibility index (Phi) is 2.58. The molecule has 0 N–H and O–H groups in total. The minimum atomic E-state index is -0.484. The highest BCUT2D eigenvalue weighted by Crippen LogP contribution is 2.36. The average Bonchev–Trinajstić information content (AvgIpc) is 2.23. The van der Waals surface area contributed by atoms with Gasteiger partial charge in [-0.15, -0.1) is 0 Å². The second kappa shape index (κ2) is 3.75. The van der Waals surface area contributed by atoms with Crippen molar-refractivity contribution in [2.24, 2.45) is 0 Å². The molecular weight excluding hydrogens is 283 g/mol. The standard InChI is InChI=1S/C9H4BrClN2O2/c10-9-6-4-12-2-1-5(6)7(11)3-8(9)13(14)15/h1-4H. The molecule has 76 valence electrons. The van der Waals surface area contributed by atoms with E-state index in [9.17, 15) is 10.1 Å². The second-order valence-electron chi connectivity index (χ2n) is 2.87. The number of hydrogen-bond donors (Lipinski definition) is 0. The quantitative estimate of drug-likeness (QED) is 0.595. The topological polar surface area (TPSA) is 56.0 Å². The summed E-state index contributed by atoms with van der Waals surface area (Å²) in [6.07, 6.45) is 3.13. The number of pyridine rings is 1. The van der Waals surface area contributed by atoms with Crippen LogP contribution in [0.3, 0.4) is 0 Å². The van der Waals surface area contributed by atoms with Crippen LogP contribution in [-0.2, 0) is 0 Å². The summed E-state index contributed by atoms with van der Waals surface area (Å²) >= 11 is 9.10. The fourth-order valence-corrected chi connectivity index (χ4v) is 2.15. The summed E-state index contributed by atoms with van der Waals surface area (Å²) in [5, 5.41) is 12.4. The summed E-state index contributed by atoms with van der Waals surface area (Å²) in [5.41, 5.74) is -0.0551. The molecule has 0 aliphatic heterocycles. The number of fused-ring (bicyclic) bond motifs is 1. The Labute approximate surface area is 98.2 Å². The molecule has 0 atom stereocenters. The van der Waals surface area contributed by atoms with Gasteiger partial charge in [-0.2, -0.15) is 0 Å². The molecule has 0 fully saturated rings. The van der Waals surface area contributed by atoms with Gasteiger partial charge >= 0.3 is 0 Å². The van der Waals surface area contributed by atoms with Crippen molar-refractivity contribution < 1.29 is 4.92 Å². The highest BCUT2D eigenvalue weighted by atomic mass is 79.9. The number of aromatic nitrogens is 1. The SMILES string of the molecule is O=[N+]([O-])c1cc(Cl)c2ccncc2c1Br. The molecule has 2 aromatic rings. The Morgan fingerprint density at radius 3 is 2.87 bits per heavy atom. The maximum atomic E-state index is 10.7. The van der Waals surface area contributed by atoms with Crippen LogP contribution in [0.25, 0.3) is 10.8 Å². The van der Waals surface area contributed by atoms with Gasteiger partial charge in [0.1, 0.15) is 4.47 Å². The molecule has 1 aromatic heterocycles. The van der Waals surface area contributed by atoms with Crippen molar-refractivity contribution in [2.45, 2.75) is 0 Å². The molecule has 1 heterocycles. The number of benzene rings is 1. The first-order chi connectivity index (χ1) is 7.11. The number of rotatable bonds is 1. The van der Waals surface area contributed by atoms with E-state index in [0.717, 1.165) is 5.39 Å². The summed E-state index contributed by atoms with van der Waals surface area (Å²) < 4.78 is 0.403. The number of nitro groups is 1. The van der Waals surface area contributed by atoms with Crippen molar-refractivity contribution in [3.63, 3.8) is 0 Å². The Bertz CT molecular complexity index is 559. The fourth-order valence-electron chi connectivity index (χ4n) is 1.31. The predicted molar refractivity (Wildman–Crippen MR) is 61.1 cm³/mol. The van der Waals surface area contributed by atoms with Crippen LogP contribution >= 0.6 is 27.5 Å². The highest BCUT2D eigenvalue weighted by molar-refractivity contribution is 9.10. The fraction of sp³-hybridized carbons (Fsp3) is 0. The summed E-state index contributed by atoms with van der Waals surface area (Å²) in [4.78, 5) is 14.1.